The van der Waals surface area contributed by atoms with Gasteiger partial charge in [0.05, 0.1) is 6.10 Å². The summed E-state index contributed by atoms with van der Waals surface area (Å²) >= 11 is 3.38. The molecule has 0 bridgehead atoms. The number of hydrogen-bond donors (Lipinski definition) is 0. The van der Waals surface area contributed by atoms with E-state index in [2.05, 4.69) is 15.9 Å². The average Bonchev–Trinajstić information content (AvgIpc) is 2.23. The molecule has 1 aliphatic rings. The van der Waals surface area contributed by atoms with Gasteiger partial charge in [0.1, 0.15) is 17.0 Å². The van der Waals surface area contributed by atoms with E-state index in [9.17, 15) is 4.79 Å². The third kappa shape index (κ3) is 2.69. The molecule has 0 spiro atoms. The minimum absolute atomic E-state index is 0.196. The second-order valence-electron chi connectivity index (χ2n) is 3.29. The molecule has 0 saturated carbocycles. The third-order valence-electron chi connectivity index (χ3n) is 2.43. The highest BCUT2D eigenvalue weighted by atomic mass is 79.9. The lowest BCUT2D eigenvalue weighted by Gasteiger charge is -2.41. The zero-order valence-electron chi connectivity index (χ0n) is 8.88. The van der Waals surface area contributed by atoms with Gasteiger partial charge >= 0.3 is 0 Å². The maximum Gasteiger partial charge on any atom is 0.293 e. The molecule has 1 fully saturated rings. The van der Waals surface area contributed by atoms with Crippen LogP contribution in [0.2, 0.25) is 0 Å². The fourth-order valence-electron chi connectivity index (χ4n) is 1.70. The van der Waals surface area contributed by atoms with Crippen LogP contribution in [0.4, 0.5) is 0 Å². The Morgan fingerprint density at radius 3 is 2.40 bits per heavy atom. The fraction of sp³-hybridized carbons (Fsp3) is 0.889. The van der Waals surface area contributed by atoms with Crippen LogP contribution in [-0.4, -0.2) is 50.1 Å². The second-order valence-corrected chi connectivity index (χ2v) is 4.34. The molecular weight excluding hydrogens is 268 g/mol. The first-order chi connectivity index (χ1) is 7.15. The number of methoxy groups -OCH3 is 2. The monoisotopic (exact) mass is 282 g/mol. The summed E-state index contributed by atoms with van der Waals surface area (Å²) < 4.78 is 20.9. The molecule has 1 heterocycles. The van der Waals surface area contributed by atoms with E-state index in [0.29, 0.717) is 6.47 Å². The first-order valence-electron chi connectivity index (χ1n) is 4.60. The lowest BCUT2D eigenvalue weighted by molar-refractivity contribution is -0.239. The summed E-state index contributed by atoms with van der Waals surface area (Å²) in [6.07, 6.45) is -1.36. The minimum Gasteiger partial charge on any atom is -0.460 e. The third-order valence-corrected chi connectivity index (χ3v) is 3.38. The van der Waals surface area contributed by atoms with Crippen molar-refractivity contribution in [2.45, 2.75) is 36.4 Å². The van der Waals surface area contributed by atoms with E-state index in [0.717, 1.165) is 0 Å². The Bertz CT molecular complexity index is 213. The van der Waals surface area contributed by atoms with Crippen molar-refractivity contribution in [1.29, 1.82) is 0 Å². The molecule has 0 aromatic carbocycles. The second kappa shape index (κ2) is 5.79. The molecule has 0 aromatic heterocycles. The molecule has 1 aliphatic heterocycles. The van der Waals surface area contributed by atoms with Gasteiger partial charge < -0.3 is 18.9 Å². The van der Waals surface area contributed by atoms with Crippen molar-refractivity contribution in [2.75, 3.05) is 14.2 Å². The molecule has 0 N–H and O–H groups in total. The Morgan fingerprint density at radius 2 is 1.93 bits per heavy atom. The molecule has 6 heteroatoms. The van der Waals surface area contributed by atoms with E-state index in [1.807, 2.05) is 6.92 Å². The van der Waals surface area contributed by atoms with Gasteiger partial charge in [0.2, 0.25) is 0 Å². The topological polar surface area (TPSA) is 54.0 Å². The van der Waals surface area contributed by atoms with Crippen molar-refractivity contribution in [2.24, 2.45) is 0 Å². The summed E-state index contributed by atoms with van der Waals surface area (Å²) in [5, 5.41) is 0. The predicted molar refractivity (Wildman–Crippen MR) is 55.8 cm³/mol. The van der Waals surface area contributed by atoms with Crippen LogP contribution in [0.25, 0.3) is 0 Å². The molecular formula is C9H15BrO5. The predicted octanol–water partition coefficient (Wildman–Crippen LogP) is 0.698. The molecule has 1 saturated heterocycles. The molecule has 0 aromatic rings. The van der Waals surface area contributed by atoms with E-state index in [4.69, 9.17) is 18.9 Å². The summed E-state index contributed by atoms with van der Waals surface area (Å²) in [7, 11) is 3.09. The Morgan fingerprint density at radius 1 is 1.27 bits per heavy atom. The summed E-state index contributed by atoms with van der Waals surface area (Å²) in [5.74, 6) is 0. The Balaban J connectivity index is 2.77. The van der Waals surface area contributed by atoms with Crippen molar-refractivity contribution < 1.29 is 23.7 Å². The first kappa shape index (κ1) is 12.9. The van der Waals surface area contributed by atoms with Crippen LogP contribution in [0.1, 0.15) is 6.92 Å². The molecule has 1 rings (SSSR count). The minimum atomic E-state index is -0.448. The SMILES string of the molecule is CO[C@@H]1O[C@@H](C)[C@H](OC)[C@@H](OC=O)[C@@H]1Br. The number of halogens is 1. The lowest BCUT2D eigenvalue weighted by Crippen LogP contribution is -2.56. The summed E-state index contributed by atoms with van der Waals surface area (Å²) in [6.45, 7) is 2.26. The maximum absolute atomic E-state index is 10.4. The van der Waals surface area contributed by atoms with Gasteiger partial charge in [-0.2, -0.15) is 0 Å². The van der Waals surface area contributed by atoms with Gasteiger partial charge in [-0.15, -0.1) is 0 Å². The molecule has 88 valence electrons. The number of hydrogen-bond acceptors (Lipinski definition) is 5. The summed E-state index contributed by atoms with van der Waals surface area (Å²) in [4.78, 5) is 10.2. The normalized spacial score (nSPS) is 41.2. The van der Waals surface area contributed by atoms with Gasteiger partial charge in [-0.1, -0.05) is 15.9 Å². The highest BCUT2D eigenvalue weighted by molar-refractivity contribution is 9.09. The van der Waals surface area contributed by atoms with E-state index in [1.165, 1.54) is 7.11 Å². The van der Waals surface area contributed by atoms with Crippen LogP contribution < -0.4 is 0 Å². The van der Waals surface area contributed by atoms with Crippen LogP contribution >= 0.6 is 15.9 Å². The van der Waals surface area contributed by atoms with Crippen LogP contribution in [-0.2, 0) is 23.7 Å². The number of rotatable bonds is 4. The molecule has 5 nitrogen and oxygen atoms in total. The van der Waals surface area contributed by atoms with Crippen molar-refractivity contribution in [3.8, 4) is 0 Å². The van der Waals surface area contributed by atoms with Crippen molar-refractivity contribution in [3.63, 3.8) is 0 Å². The zero-order chi connectivity index (χ0) is 11.4. The molecule has 0 amide bonds. The Labute approximate surface area is 97.1 Å². The Kier molecular flexibility index (Phi) is 4.98. The van der Waals surface area contributed by atoms with Gasteiger partial charge in [-0.25, -0.2) is 0 Å². The van der Waals surface area contributed by atoms with Crippen LogP contribution in [0, 0.1) is 0 Å². The number of carbonyl (C=O) groups excluding carboxylic acids is 1. The highest BCUT2D eigenvalue weighted by Gasteiger charge is 2.45. The van der Waals surface area contributed by atoms with Crippen LogP contribution in [0.15, 0.2) is 0 Å². The number of ether oxygens (including phenoxy) is 4. The highest BCUT2D eigenvalue weighted by Crippen LogP contribution is 2.29. The summed E-state index contributed by atoms with van der Waals surface area (Å²) in [6, 6.07) is 0. The van der Waals surface area contributed by atoms with E-state index in [-0.39, 0.29) is 17.0 Å². The van der Waals surface area contributed by atoms with Crippen LogP contribution in [0.5, 0.6) is 0 Å². The Hall–Kier alpha value is -0.170. The largest absolute Gasteiger partial charge is 0.460 e. The van der Waals surface area contributed by atoms with Crippen molar-refractivity contribution in [3.05, 3.63) is 0 Å². The van der Waals surface area contributed by atoms with Crippen molar-refractivity contribution >= 4 is 22.4 Å². The number of alkyl halides is 1. The molecule has 15 heavy (non-hydrogen) atoms. The number of carbonyl (C=O) groups is 1. The van der Waals surface area contributed by atoms with Gasteiger partial charge in [0.15, 0.2) is 6.29 Å². The smallest absolute Gasteiger partial charge is 0.293 e. The first-order valence-corrected chi connectivity index (χ1v) is 5.51. The fourth-order valence-corrected chi connectivity index (χ4v) is 2.46. The van der Waals surface area contributed by atoms with Gasteiger partial charge in [-0.3, -0.25) is 4.79 Å². The van der Waals surface area contributed by atoms with Gasteiger partial charge in [0, 0.05) is 14.2 Å². The van der Waals surface area contributed by atoms with Gasteiger partial charge in [-0.05, 0) is 6.92 Å². The molecule has 5 atom stereocenters. The average molecular weight is 283 g/mol. The van der Waals surface area contributed by atoms with Crippen LogP contribution in [0.3, 0.4) is 0 Å². The lowest BCUT2D eigenvalue weighted by atomic mass is 10.0. The standard InChI is InChI=1S/C9H15BrO5/c1-5-7(12-2)8(14-4-11)6(10)9(13-3)15-5/h4-9H,1-3H3/t5-,6-,7-,8-,9+/m0/s1. The summed E-state index contributed by atoms with van der Waals surface area (Å²) in [5.41, 5.74) is 0. The maximum atomic E-state index is 10.4. The molecule has 0 radical (unpaired) electrons. The van der Waals surface area contributed by atoms with E-state index in [1.54, 1.807) is 7.11 Å². The quantitative estimate of drug-likeness (QED) is 0.561. The zero-order valence-corrected chi connectivity index (χ0v) is 10.5. The van der Waals surface area contributed by atoms with E-state index < -0.39 is 12.4 Å². The van der Waals surface area contributed by atoms with Gasteiger partial charge in [0.25, 0.3) is 6.47 Å². The van der Waals surface area contributed by atoms with Crippen molar-refractivity contribution in [1.82, 2.24) is 0 Å². The molecule has 0 unspecified atom stereocenters. The molecule has 0 aliphatic carbocycles. The van der Waals surface area contributed by atoms with E-state index >= 15 is 0 Å².